The molecule has 0 unspecified atom stereocenters. The fourth-order valence-electron chi connectivity index (χ4n) is 4.66. The first-order valence-corrected chi connectivity index (χ1v) is 13.6. The second-order valence-corrected chi connectivity index (χ2v) is 10.3. The van der Waals surface area contributed by atoms with Crippen molar-refractivity contribution in [3.8, 4) is 17.2 Å². The molecule has 4 aromatic carbocycles. The van der Waals surface area contributed by atoms with Gasteiger partial charge in [-0.3, -0.25) is 9.35 Å². The number of phenols is 1. The molecule has 2 N–H and O–H groups in total. The van der Waals surface area contributed by atoms with E-state index in [0.29, 0.717) is 27.2 Å². The second kappa shape index (κ2) is 9.90. The van der Waals surface area contributed by atoms with Crippen molar-refractivity contribution in [2.45, 2.75) is 0 Å². The quantitative estimate of drug-likeness (QED) is 0.162. The lowest BCUT2D eigenvalue weighted by Crippen LogP contribution is -2.31. The zero-order valence-corrected chi connectivity index (χ0v) is 22.4. The number of benzene rings is 4. The average molecular weight is 590 g/mol. The summed E-state index contributed by atoms with van der Waals surface area (Å²) in [4.78, 5) is 39.3. The molecule has 0 atom stereocenters. The van der Waals surface area contributed by atoms with Crippen LogP contribution in [0.25, 0.3) is 43.5 Å². The Bertz CT molecular complexity index is 2310. The summed E-state index contributed by atoms with van der Waals surface area (Å²) >= 11 is 0. The molecule has 6 aromatic rings. The number of nitrogens with zero attached hydrogens (tertiary/aromatic N) is 1. The number of carbonyl (C=O) groups is 1. The fraction of sp³-hybridized carbons (Fsp3) is 0.0690. The Morgan fingerprint density at radius 3 is 2.02 bits per heavy atom. The molecule has 13 heteroatoms. The highest BCUT2D eigenvalue weighted by atomic mass is 32.3. The van der Waals surface area contributed by atoms with Crippen LogP contribution in [0.5, 0.6) is 17.2 Å². The maximum Gasteiger partial charge on any atom is 0.446 e. The van der Waals surface area contributed by atoms with Gasteiger partial charge in [0.2, 0.25) is 0 Å². The van der Waals surface area contributed by atoms with Crippen LogP contribution in [0.2, 0.25) is 0 Å². The van der Waals surface area contributed by atoms with Crippen molar-refractivity contribution in [3.05, 3.63) is 93.6 Å². The number of hydrogen-bond donors (Lipinski definition) is 2. The van der Waals surface area contributed by atoms with Gasteiger partial charge in [0.05, 0.1) is 10.8 Å². The van der Waals surface area contributed by atoms with Gasteiger partial charge in [-0.2, -0.15) is 8.42 Å². The average Bonchev–Trinajstić information content (AvgIpc) is 2.94. The molecule has 1 amide bonds. The van der Waals surface area contributed by atoms with Gasteiger partial charge in [0.15, 0.2) is 6.61 Å². The van der Waals surface area contributed by atoms with Crippen molar-refractivity contribution in [1.29, 1.82) is 0 Å². The summed E-state index contributed by atoms with van der Waals surface area (Å²) in [6.45, 7) is -0.379. The number of carbonyl (C=O) groups excluding carboxylic acids is 1. The van der Waals surface area contributed by atoms with E-state index < -0.39 is 27.6 Å². The zero-order valence-electron chi connectivity index (χ0n) is 21.6. The zero-order chi connectivity index (χ0) is 29.8. The van der Waals surface area contributed by atoms with E-state index in [1.165, 1.54) is 42.3 Å². The van der Waals surface area contributed by atoms with Crippen LogP contribution in [-0.2, 0) is 15.2 Å². The van der Waals surface area contributed by atoms with Crippen molar-refractivity contribution >= 4 is 65.5 Å². The van der Waals surface area contributed by atoms with Crippen LogP contribution in [0, 0.1) is 0 Å². The molecule has 0 fully saturated rings. The number of phenolic OH excluding ortho intramolecular Hbond substituents is 1. The predicted octanol–water partition coefficient (Wildman–Crippen LogP) is 4.13. The summed E-state index contributed by atoms with van der Waals surface area (Å²) in [5.41, 5.74) is -0.614. The molecule has 12 nitrogen and oxygen atoms in total. The first-order valence-electron chi connectivity index (χ1n) is 12.2. The number of fused-ring (bicyclic) bond motifs is 6. The highest BCUT2D eigenvalue weighted by Gasteiger charge is 2.17. The maximum absolute atomic E-state index is 12.9. The molecule has 42 heavy (non-hydrogen) atoms. The Balaban J connectivity index is 1.23. The van der Waals surface area contributed by atoms with Gasteiger partial charge in [0.25, 0.3) is 5.91 Å². The highest BCUT2D eigenvalue weighted by molar-refractivity contribution is 7.81. The van der Waals surface area contributed by atoms with Gasteiger partial charge < -0.3 is 27.8 Å². The molecule has 0 aliphatic heterocycles. The van der Waals surface area contributed by atoms with Crippen LogP contribution >= 0.6 is 0 Å². The van der Waals surface area contributed by atoms with Gasteiger partial charge in [0.1, 0.15) is 28.4 Å². The number of amides is 1. The number of likely N-dealkylation sites (N-methyl/N-ethyl adjacent to an activating group) is 1. The Hall–Kier alpha value is -5.40. The lowest BCUT2D eigenvalue weighted by Gasteiger charge is -2.18. The fourth-order valence-corrected chi connectivity index (χ4v) is 5.00. The first kappa shape index (κ1) is 26.8. The predicted molar refractivity (Wildman–Crippen MR) is 153 cm³/mol. The molecule has 2 aromatic heterocycles. The molecular weight excluding hydrogens is 570 g/mol. The van der Waals surface area contributed by atoms with Crippen LogP contribution in [-0.4, -0.2) is 37.6 Å². The largest absolute Gasteiger partial charge is 0.508 e. The lowest BCUT2D eigenvalue weighted by atomic mass is 10.1. The van der Waals surface area contributed by atoms with E-state index in [9.17, 15) is 27.9 Å². The molecule has 0 spiro atoms. The van der Waals surface area contributed by atoms with Gasteiger partial charge in [-0.25, -0.2) is 9.59 Å². The van der Waals surface area contributed by atoms with E-state index in [-0.39, 0.29) is 45.8 Å². The van der Waals surface area contributed by atoms with Crippen molar-refractivity contribution in [1.82, 2.24) is 0 Å². The van der Waals surface area contributed by atoms with Gasteiger partial charge in [0, 0.05) is 46.4 Å². The molecule has 2 heterocycles. The van der Waals surface area contributed by atoms with E-state index in [0.717, 1.165) is 6.07 Å². The Morgan fingerprint density at radius 2 is 1.33 bits per heavy atom. The molecule has 0 radical (unpaired) electrons. The summed E-state index contributed by atoms with van der Waals surface area (Å²) in [6.07, 6.45) is 0. The number of rotatable bonds is 6. The van der Waals surface area contributed by atoms with E-state index in [2.05, 4.69) is 4.18 Å². The van der Waals surface area contributed by atoms with Crippen LogP contribution < -0.4 is 25.1 Å². The number of ether oxygens (including phenoxy) is 1. The smallest absolute Gasteiger partial charge is 0.446 e. The minimum atomic E-state index is -4.75. The highest BCUT2D eigenvalue weighted by Crippen LogP contribution is 2.30. The molecule has 0 saturated carbocycles. The number of anilines is 1. The van der Waals surface area contributed by atoms with E-state index in [4.69, 9.17) is 18.1 Å². The maximum atomic E-state index is 12.9. The molecule has 0 aliphatic carbocycles. The summed E-state index contributed by atoms with van der Waals surface area (Å²) in [7, 11) is -3.22. The first-order chi connectivity index (χ1) is 20.0. The van der Waals surface area contributed by atoms with Crippen LogP contribution in [0.15, 0.2) is 91.2 Å². The van der Waals surface area contributed by atoms with Crippen molar-refractivity contribution in [3.63, 3.8) is 0 Å². The van der Waals surface area contributed by atoms with Gasteiger partial charge in [-0.1, -0.05) is 0 Å². The third kappa shape index (κ3) is 4.98. The Labute approximate surface area is 235 Å². The lowest BCUT2D eigenvalue weighted by molar-refractivity contribution is -0.120. The van der Waals surface area contributed by atoms with Gasteiger partial charge >= 0.3 is 21.7 Å². The number of aromatic hydroxyl groups is 1. The monoisotopic (exact) mass is 589 g/mol. The summed E-state index contributed by atoms with van der Waals surface area (Å²) < 4.78 is 51.6. The van der Waals surface area contributed by atoms with Gasteiger partial charge in [-0.15, -0.1) is 0 Å². The summed E-state index contributed by atoms with van der Waals surface area (Å²) in [6, 6.07) is 17.9. The van der Waals surface area contributed by atoms with Crippen molar-refractivity contribution in [2.24, 2.45) is 0 Å². The van der Waals surface area contributed by atoms with Crippen LogP contribution in [0.4, 0.5) is 5.69 Å². The molecule has 0 aliphatic rings. The summed E-state index contributed by atoms with van der Waals surface area (Å²) in [5, 5.41) is 12.3. The molecule has 212 valence electrons. The van der Waals surface area contributed by atoms with Crippen LogP contribution in [0.3, 0.4) is 0 Å². The van der Waals surface area contributed by atoms with E-state index in [1.54, 1.807) is 36.4 Å². The molecule has 0 bridgehead atoms. The Kier molecular flexibility index (Phi) is 6.32. The van der Waals surface area contributed by atoms with E-state index >= 15 is 0 Å². The topological polar surface area (TPSA) is 174 Å². The third-order valence-corrected chi connectivity index (χ3v) is 7.07. The SMILES string of the molecule is CN(C(=O)COc1ccc2c(c1)c(=O)oc1cc(OS(=O)(=O)O)ccc12)c1ccc2c(c1)oc(=O)c1cc(O)ccc12. The Morgan fingerprint density at radius 1 is 0.762 bits per heavy atom. The minimum Gasteiger partial charge on any atom is -0.508 e. The second-order valence-electron chi connectivity index (χ2n) is 9.31. The molecular formula is C29H19NO11S. The van der Waals surface area contributed by atoms with Crippen molar-refractivity contribution in [2.75, 3.05) is 18.6 Å². The normalized spacial score (nSPS) is 11.8. The number of hydrogen-bond acceptors (Lipinski definition) is 10. The van der Waals surface area contributed by atoms with E-state index in [1.807, 2.05) is 0 Å². The standard InChI is InChI=1S/C29H19NO11S/c1-30(15-2-6-21-19-7-3-16(31)11-23(19)28(33)39-25(21)10-15)27(32)14-38-17-4-8-20-22-9-5-18(41-42(35,36)37)13-26(22)40-29(34)24(20)12-17/h2-13,31H,14H2,1H3,(H,35,36,37). The van der Waals surface area contributed by atoms with Crippen LogP contribution in [0.1, 0.15) is 0 Å². The third-order valence-electron chi connectivity index (χ3n) is 6.66. The minimum absolute atomic E-state index is 0.0384. The summed E-state index contributed by atoms with van der Waals surface area (Å²) in [5.74, 6) is -0.502. The molecule has 0 saturated heterocycles. The van der Waals surface area contributed by atoms with Crippen molar-refractivity contribution < 1.29 is 40.6 Å². The molecule has 6 rings (SSSR count). The van der Waals surface area contributed by atoms with Gasteiger partial charge in [-0.05, 0) is 60.7 Å².